The fraction of sp³-hybridized carbons (Fsp3) is 0.571. The Balaban J connectivity index is 1.36. The molecule has 5 nitrogen and oxygen atoms in total. The first-order valence-corrected chi connectivity index (χ1v) is 9.77. The first kappa shape index (κ1) is 16.5. The molecule has 0 bridgehead atoms. The minimum absolute atomic E-state index is 0.0305. The summed E-state index contributed by atoms with van der Waals surface area (Å²) in [7, 11) is 0. The van der Waals surface area contributed by atoms with Gasteiger partial charge in [0.2, 0.25) is 0 Å². The Hall–Kier alpha value is -1.69. The fourth-order valence-electron chi connectivity index (χ4n) is 4.87. The predicted octanol–water partition coefficient (Wildman–Crippen LogP) is 2.39. The number of likely N-dealkylation sites (tertiary alicyclic amines) is 1. The molecule has 0 aliphatic carbocycles. The molecule has 5 rings (SSSR count). The van der Waals surface area contributed by atoms with Crippen molar-refractivity contribution in [1.29, 1.82) is 0 Å². The van der Waals surface area contributed by atoms with Crippen molar-refractivity contribution in [2.75, 3.05) is 26.3 Å². The highest BCUT2D eigenvalue weighted by molar-refractivity contribution is 5.88. The van der Waals surface area contributed by atoms with Gasteiger partial charge < -0.3 is 14.5 Å². The van der Waals surface area contributed by atoms with Crippen LogP contribution in [0.2, 0.25) is 0 Å². The summed E-state index contributed by atoms with van der Waals surface area (Å²) < 4.78 is 11.6. The normalized spacial score (nSPS) is 25.2. The van der Waals surface area contributed by atoms with E-state index in [-0.39, 0.29) is 11.7 Å². The predicted molar refractivity (Wildman–Crippen MR) is 100 cm³/mol. The number of pyridine rings is 1. The number of ether oxygens (including phenoxy) is 2. The monoisotopic (exact) mass is 354 g/mol. The van der Waals surface area contributed by atoms with Crippen LogP contribution in [0.25, 0.3) is 10.8 Å². The molecule has 0 saturated carbocycles. The van der Waals surface area contributed by atoms with E-state index in [4.69, 9.17) is 9.47 Å². The van der Waals surface area contributed by atoms with Crippen LogP contribution in [0.1, 0.15) is 29.7 Å². The van der Waals surface area contributed by atoms with Gasteiger partial charge in [-0.2, -0.15) is 0 Å². The number of nitrogens with one attached hydrogen (secondary N) is 1. The molecule has 5 heteroatoms. The van der Waals surface area contributed by atoms with Gasteiger partial charge in [0, 0.05) is 23.1 Å². The van der Waals surface area contributed by atoms with Crippen molar-refractivity contribution >= 4 is 10.8 Å². The number of aryl methyl sites for hydroxylation is 1. The molecule has 0 spiro atoms. The van der Waals surface area contributed by atoms with Crippen molar-refractivity contribution in [3.8, 4) is 0 Å². The number of H-pyrrole nitrogens is 1. The third kappa shape index (κ3) is 2.70. The zero-order chi connectivity index (χ0) is 17.7. The van der Waals surface area contributed by atoms with Gasteiger partial charge in [-0.15, -0.1) is 0 Å². The molecular weight excluding hydrogens is 328 g/mol. The average Bonchev–Trinajstić information content (AvgIpc) is 2.61. The summed E-state index contributed by atoms with van der Waals surface area (Å²) >= 11 is 0. The number of hydrogen-bond donors (Lipinski definition) is 1. The molecule has 4 heterocycles. The number of fused-ring (bicyclic) bond motifs is 3. The van der Waals surface area contributed by atoms with Crippen LogP contribution in [0.3, 0.4) is 0 Å². The summed E-state index contributed by atoms with van der Waals surface area (Å²) in [4.78, 5) is 18.2. The maximum atomic E-state index is 12.5. The molecule has 1 aromatic carbocycles. The molecule has 26 heavy (non-hydrogen) atoms. The number of piperidine rings is 1. The van der Waals surface area contributed by atoms with Crippen LogP contribution < -0.4 is 5.56 Å². The standard InChI is InChI=1S/C21H26N2O3/c1-13-3-2-4-16-20(13)17-12-26-19(9-18(17)22-21(16)24)14-5-7-23(8-6-14)15-10-25-11-15/h2-4,14-15,19H,5-12H2,1H3,(H,22,24). The lowest BCUT2D eigenvalue weighted by Gasteiger charge is -2.43. The third-order valence-corrected chi connectivity index (χ3v) is 6.53. The van der Waals surface area contributed by atoms with Gasteiger partial charge in [0.25, 0.3) is 5.56 Å². The molecule has 2 aromatic rings. The molecule has 2 saturated heterocycles. The van der Waals surface area contributed by atoms with E-state index in [1.165, 1.54) is 18.4 Å². The van der Waals surface area contributed by atoms with Crippen LogP contribution in [-0.4, -0.2) is 48.3 Å². The van der Waals surface area contributed by atoms with Crippen LogP contribution in [0.15, 0.2) is 23.0 Å². The first-order valence-electron chi connectivity index (χ1n) is 9.77. The zero-order valence-corrected chi connectivity index (χ0v) is 15.3. The molecule has 0 amide bonds. The van der Waals surface area contributed by atoms with Crippen molar-refractivity contribution < 1.29 is 9.47 Å². The summed E-state index contributed by atoms with van der Waals surface area (Å²) in [6.07, 6.45) is 3.40. The van der Waals surface area contributed by atoms with Gasteiger partial charge in [-0.1, -0.05) is 12.1 Å². The number of aromatic nitrogens is 1. The molecule has 138 valence electrons. The van der Waals surface area contributed by atoms with Crippen LogP contribution in [-0.2, 0) is 22.5 Å². The van der Waals surface area contributed by atoms with E-state index in [1.807, 2.05) is 12.1 Å². The quantitative estimate of drug-likeness (QED) is 0.900. The SMILES string of the molecule is Cc1cccc2c(=O)[nH]c3c(c12)COC(C1CCN(C2COC2)CC1)C3. The van der Waals surface area contributed by atoms with E-state index in [0.29, 0.717) is 18.6 Å². The molecule has 3 aliphatic heterocycles. The highest BCUT2D eigenvalue weighted by Crippen LogP contribution is 2.33. The minimum atomic E-state index is 0.0305. The lowest BCUT2D eigenvalue weighted by Crippen LogP contribution is -2.53. The Morgan fingerprint density at radius 1 is 1.19 bits per heavy atom. The maximum absolute atomic E-state index is 12.5. The number of hydrogen-bond acceptors (Lipinski definition) is 4. The molecule has 1 aromatic heterocycles. The lowest BCUT2D eigenvalue weighted by molar-refractivity contribution is -0.0868. The molecule has 1 atom stereocenters. The molecule has 1 N–H and O–H groups in total. The number of rotatable bonds is 2. The van der Waals surface area contributed by atoms with Gasteiger partial charge in [-0.25, -0.2) is 0 Å². The summed E-state index contributed by atoms with van der Waals surface area (Å²) in [5.74, 6) is 0.580. The molecule has 2 fully saturated rings. The van der Waals surface area contributed by atoms with E-state index < -0.39 is 0 Å². The van der Waals surface area contributed by atoms with E-state index in [0.717, 1.165) is 54.8 Å². The summed E-state index contributed by atoms with van der Waals surface area (Å²) in [5.41, 5.74) is 3.45. The van der Waals surface area contributed by atoms with E-state index in [2.05, 4.69) is 22.9 Å². The van der Waals surface area contributed by atoms with Gasteiger partial charge >= 0.3 is 0 Å². The molecule has 3 aliphatic rings. The van der Waals surface area contributed by atoms with Crippen molar-refractivity contribution in [3.05, 3.63) is 45.4 Å². The largest absolute Gasteiger partial charge is 0.378 e. The Morgan fingerprint density at radius 2 is 2.00 bits per heavy atom. The third-order valence-electron chi connectivity index (χ3n) is 6.53. The Labute approximate surface area is 153 Å². The van der Waals surface area contributed by atoms with Crippen LogP contribution in [0.4, 0.5) is 0 Å². The summed E-state index contributed by atoms with van der Waals surface area (Å²) in [5, 5.41) is 1.87. The smallest absolute Gasteiger partial charge is 0.256 e. The van der Waals surface area contributed by atoms with Gasteiger partial charge in [-0.3, -0.25) is 9.69 Å². The second-order valence-corrected chi connectivity index (χ2v) is 8.03. The maximum Gasteiger partial charge on any atom is 0.256 e. The van der Waals surface area contributed by atoms with Crippen molar-refractivity contribution in [2.24, 2.45) is 5.92 Å². The minimum Gasteiger partial charge on any atom is -0.378 e. The second-order valence-electron chi connectivity index (χ2n) is 8.03. The zero-order valence-electron chi connectivity index (χ0n) is 15.3. The van der Waals surface area contributed by atoms with Crippen molar-refractivity contribution in [3.63, 3.8) is 0 Å². The first-order chi connectivity index (χ1) is 12.7. The number of aromatic amines is 1. The van der Waals surface area contributed by atoms with Gasteiger partial charge in [0.15, 0.2) is 0 Å². The summed E-state index contributed by atoms with van der Waals surface area (Å²) in [6, 6.07) is 6.57. The molecular formula is C21H26N2O3. The Morgan fingerprint density at radius 3 is 2.73 bits per heavy atom. The van der Waals surface area contributed by atoms with Gasteiger partial charge in [-0.05, 0) is 55.8 Å². The van der Waals surface area contributed by atoms with Gasteiger partial charge in [0.05, 0.1) is 32.0 Å². The van der Waals surface area contributed by atoms with Crippen molar-refractivity contribution in [1.82, 2.24) is 9.88 Å². The average molecular weight is 354 g/mol. The van der Waals surface area contributed by atoms with Crippen molar-refractivity contribution in [2.45, 2.75) is 44.9 Å². The fourth-order valence-corrected chi connectivity index (χ4v) is 4.87. The van der Waals surface area contributed by atoms with Crippen LogP contribution in [0.5, 0.6) is 0 Å². The van der Waals surface area contributed by atoms with E-state index in [9.17, 15) is 4.79 Å². The van der Waals surface area contributed by atoms with E-state index >= 15 is 0 Å². The van der Waals surface area contributed by atoms with Gasteiger partial charge in [0.1, 0.15) is 0 Å². The molecule has 0 radical (unpaired) electrons. The lowest BCUT2D eigenvalue weighted by atomic mass is 9.85. The second kappa shape index (κ2) is 6.48. The Bertz CT molecular complexity index is 879. The highest BCUT2D eigenvalue weighted by Gasteiger charge is 2.35. The van der Waals surface area contributed by atoms with Crippen LogP contribution in [0, 0.1) is 12.8 Å². The highest BCUT2D eigenvalue weighted by atomic mass is 16.5. The summed E-state index contributed by atoms with van der Waals surface area (Å²) in [6.45, 7) is 6.75. The Kier molecular flexibility index (Phi) is 4.11. The number of nitrogens with zero attached hydrogens (tertiary/aromatic N) is 1. The van der Waals surface area contributed by atoms with Crippen LogP contribution >= 0.6 is 0 Å². The topological polar surface area (TPSA) is 54.6 Å². The molecule has 1 unspecified atom stereocenters. The van der Waals surface area contributed by atoms with E-state index in [1.54, 1.807) is 0 Å². The number of benzene rings is 1.